The summed E-state index contributed by atoms with van der Waals surface area (Å²) >= 11 is 4.28. The lowest BCUT2D eigenvalue weighted by Crippen LogP contribution is -2.02. The Morgan fingerprint density at radius 1 is 0.562 bits per heavy atom. The molecular formula is C10H12I2O4. The lowest BCUT2D eigenvalue weighted by Gasteiger charge is -2.18. The van der Waals surface area contributed by atoms with Crippen molar-refractivity contribution in [1.29, 1.82) is 0 Å². The van der Waals surface area contributed by atoms with Gasteiger partial charge in [-0.15, -0.1) is 0 Å². The second-order valence-corrected chi connectivity index (χ2v) is 4.92. The van der Waals surface area contributed by atoms with Crippen molar-refractivity contribution in [2.75, 3.05) is 28.4 Å². The minimum absolute atomic E-state index is 0.658. The summed E-state index contributed by atoms with van der Waals surface area (Å²) in [6.45, 7) is 0. The number of benzene rings is 1. The second kappa shape index (κ2) is 5.99. The third kappa shape index (κ3) is 2.27. The van der Waals surface area contributed by atoms with Gasteiger partial charge in [0.15, 0.2) is 23.0 Å². The van der Waals surface area contributed by atoms with Crippen molar-refractivity contribution in [2.24, 2.45) is 0 Å². The third-order valence-electron chi connectivity index (χ3n) is 2.03. The molecule has 0 aromatic heterocycles. The molecular weight excluding hydrogens is 438 g/mol. The van der Waals surface area contributed by atoms with Gasteiger partial charge >= 0.3 is 0 Å². The van der Waals surface area contributed by atoms with Crippen LogP contribution in [0.5, 0.6) is 23.0 Å². The zero-order chi connectivity index (χ0) is 12.3. The van der Waals surface area contributed by atoms with Crippen molar-refractivity contribution in [3.8, 4) is 23.0 Å². The van der Waals surface area contributed by atoms with Crippen LogP contribution in [0.15, 0.2) is 0 Å². The van der Waals surface area contributed by atoms with E-state index in [9.17, 15) is 0 Å². The summed E-state index contributed by atoms with van der Waals surface area (Å²) in [4.78, 5) is 0. The van der Waals surface area contributed by atoms with Crippen molar-refractivity contribution >= 4 is 45.2 Å². The normalized spacial score (nSPS) is 9.88. The van der Waals surface area contributed by atoms with Crippen LogP contribution in [0.1, 0.15) is 0 Å². The SMILES string of the molecule is COc1c(I)c(OC)c(OC)c(I)c1OC. The predicted octanol–water partition coefficient (Wildman–Crippen LogP) is 2.93. The van der Waals surface area contributed by atoms with Gasteiger partial charge in [0.25, 0.3) is 0 Å². The molecule has 0 fully saturated rings. The van der Waals surface area contributed by atoms with Crippen molar-refractivity contribution in [3.05, 3.63) is 7.14 Å². The van der Waals surface area contributed by atoms with E-state index in [4.69, 9.17) is 18.9 Å². The molecule has 1 rings (SSSR count). The Kier molecular flexibility index (Phi) is 5.22. The van der Waals surface area contributed by atoms with Gasteiger partial charge in [-0.25, -0.2) is 0 Å². The zero-order valence-corrected chi connectivity index (χ0v) is 13.7. The fraction of sp³-hybridized carbons (Fsp3) is 0.400. The summed E-state index contributed by atoms with van der Waals surface area (Å²) in [5.74, 6) is 2.63. The highest BCUT2D eigenvalue weighted by Crippen LogP contribution is 2.49. The highest BCUT2D eigenvalue weighted by molar-refractivity contribution is 14.1. The number of ether oxygens (including phenoxy) is 4. The molecule has 1 aromatic rings. The first-order valence-corrected chi connectivity index (χ1v) is 6.48. The maximum Gasteiger partial charge on any atom is 0.179 e. The Bertz CT molecular complexity index is 323. The number of rotatable bonds is 4. The minimum Gasteiger partial charge on any atom is -0.492 e. The molecule has 0 atom stereocenters. The lowest BCUT2D eigenvalue weighted by molar-refractivity contribution is 0.322. The van der Waals surface area contributed by atoms with Gasteiger partial charge in [-0.3, -0.25) is 0 Å². The van der Waals surface area contributed by atoms with Gasteiger partial charge in [0, 0.05) is 0 Å². The van der Waals surface area contributed by atoms with E-state index < -0.39 is 0 Å². The highest BCUT2D eigenvalue weighted by Gasteiger charge is 2.24. The Hall–Kier alpha value is -0.120. The molecule has 0 saturated heterocycles. The maximum absolute atomic E-state index is 5.32. The first kappa shape index (κ1) is 13.9. The van der Waals surface area contributed by atoms with Gasteiger partial charge in [0.2, 0.25) is 0 Å². The molecule has 16 heavy (non-hydrogen) atoms. The molecule has 0 N–H and O–H groups in total. The molecule has 0 aliphatic rings. The Labute approximate surface area is 122 Å². The quantitative estimate of drug-likeness (QED) is 0.662. The van der Waals surface area contributed by atoms with Crippen LogP contribution in [0, 0.1) is 7.14 Å². The van der Waals surface area contributed by atoms with Gasteiger partial charge in [0.1, 0.15) is 7.14 Å². The molecule has 0 aliphatic heterocycles. The number of methoxy groups -OCH3 is 4. The Morgan fingerprint density at radius 3 is 0.875 bits per heavy atom. The predicted molar refractivity (Wildman–Crippen MR) is 78.1 cm³/mol. The number of hydrogen-bond acceptors (Lipinski definition) is 4. The highest BCUT2D eigenvalue weighted by atomic mass is 127. The van der Waals surface area contributed by atoms with Crippen LogP contribution in [-0.2, 0) is 0 Å². The van der Waals surface area contributed by atoms with E-state index in [0.717, 1.165) is 7.14 Å². The summed E-state index contributed by atoms with van der Waals surface area (Å²) in [6, 6.07) is 0. The van der Waals surface area contributed by atoms with Gasteiger partial charge in [-0.2, -0.15) is 0 Å². The molecule has 90 valence electrons. The van der Waals surface area contributed by atoms with Crippen molar-refractivity contribution in [3.63, 3.8) is 0 Å². The van der Waals surface area contributed by atoms with Crippen LogP contribution in [-0.4, -0.2) is 28.4 Å². The van der Waals surface area contributed by atoms with Crippen LogP contribution < -0.4 is 18.9 Å². The molecule has 6 heteroatoms. The Balaban J connectivity index is 3.60. The molecule has 0 spiro atoms. The lowest BCUT2D eigenvalue weighted by atomic mass is 10.2. The molecule has 0 aliphatic carbocycles. The molecule has 0 unspecified atom stereocenters. The molecule has 0 radical (unpaired) electrons. The smallest absolute Gasteiger partial charge is 0.179 e. The largest absolute Gasteiger partial charge is 0.492 e. The summed E-state index contributed by atoms with van der Waals surface area (Å²) in [6.07, 6.45) is 0. The first-order chi connectivity index (χ1) is 7.62. The van der Waals surface area contributed by atoms with Crippen LogP contribution in [0.2, 0.25) is 0 Å². The summed E-state index contributed by atoms with van der Waals surface area (Å²) < 4.78 is 22.9. The standard InChI is InChI=1S/C10H12I2O4/c1-13-7-5(11)9(15-3)10(16-4)6(12)8(7)14-2/h1-4H3. The van der Waals surface area contributed by atoms with E-state index in [1.165, 1.54) is 0 Å². The van der Waals surface area contributed by atoms with Crippen molar-refractivity contribution in [1.82, 2.24) is 0 Å². The monoisotopic (exact) mass is 450 g/mol. The van der Waals surface area contributed by atoms with E-state index in [-0.39, 0.29) is 0 Å². The topological polar surface area (TPSA) is 36.9 Å². The first-order valence-electron chi connectivity index (χ1n) is 4.33. The van der Waals surface area contributed by atoms with Crippen LogP contribution in [0.25, 0.3) is 0 Å². The van der Waals surface area contributed by atoms with Crippen LogP contribution in [0.3, 0.4) is 0 Å². The molecule has 1 aromatic carbocycles. The van der Waals surface area contributed by atoms with Crippen LogP contribution in [0.4, 0.5) is 0 Å². The van der Waals surface area contributed by atoms with Gasteiger partial charge in [0.05, 0.1) is 28.4 Å². The summed E-state index contributed by atoms with van der Waals surface area (Å²) in [5.41, 5.74) is 0. The van der Waals surface area contributed by atoms with Gasteiger partial charge in [-0.1, -0.05) is 0 Å². The second-order valence-electron chi connectivity index (χ2n) is 2.76. The van der Waals surface area contributed by atoms with E-state index in [0.29, 0.717) is 23.0 Å². The third-order valence-corrected chi connectivity index (χ3v) is 3.99. The zero-order valence-electron chi connectivity index (χ0n) is 9.39. The fourth-order valence-corrected chi connectivity index (χ4v) is 3.19. The van der Waals surface area contributed by atoms with Gasteiger partial charge < -0.3 is 18.9 Å². The van der Waals surface area contributed by atoms with E-state index in [1.54, 1.807) is 28.4 Å². The van der Waals surface area contributed by atoms with E-state index in [2.05, 4.69) is 45.2 Å². The molecule has 0 heterocycles. The van der Waals surface area contributed by atoms with E-state index >= 15 is 0 Å². The molecule has 0 bridgehead atoms. The van der Waals surface area contributed by atoms with E-state index in [1.807, 2.05) is 0 Å². The Morgan fingerprint density at radius 2 is 0.750 bits per heavy atom. The summed E-state index contributed by atoms with van der Waals surface area (Å²) in [5, 5.41) is 0. The average molecular weight is 450 g/mol. The summed E-state index contributed by atoms with van der Waals surface area (Å²) in [7, 11) is 6.40. The molecule has 0 saturated carbocycles. The van der Waals surface area contributed by atoms with Crippen molar-refractivity contribution in [2.45, 2.75) is 0 Å². The van der Waals surface area contributed by atoms with Gasteiger partial charge in [-0.05, 0) is 45.2 Å². The fourth-order valence-electron chi connectivity index (χ4n) is 1.33. The number of halogens is 2. The van der Waals surface area contributed by atoms with Crippen LogP contribution >= 0.6 is 45.2 Å². The molecule has 4 nitrogen and oxygen atoms in total. The average Bonchev–Trinajstić information content (AvgIpc) is 2.30. The number of hydrogen-bond donors (Lipinski definition) is 0. The van der Waals surface area contributed by atoms with Crippen molar-refractivity contribution < 1.29 is 18.9 Å². The molecule has 0 amide bonds. The minimum atomic E-state index is 0.658. The maximum atomic E-state index is 5.32.